The Balaban J connectivity index is 3.71. The van der Waals surface area contributed by atoms with Crippen molar-refractivity contribution in [2.24, 2.45) is 0 Å². The summed E-state index contributed by atoms with van der Waals surface area (Å²) in [6.45, 7) is 0. The molecule has 1 unspecified atom stereocenters. The largest absolute Gasteiger partial charge is 0.457 e. The van der Waals surface area contributed by atoms with Gasteiger partial charge in [-0.3, -0.25) is 0 Å². The number of halogens is 11. The van der Waals surface area contributed by atoms with Gasteiger partial charge in [-0.25, -0.2) is 4.39 Å². The van der Waals surface area contributed by atoms with Crippen molar-refractivity contribution in [1.82, 2.24) is 0 Å². The maximum atomic E-state index is 14.1. The Labute approximate surface area is 139 Å². The van der Waals surface area contributed by atoms with Crippen LogP contribution in [0.4, 0.5) is 39.5 Å². The first kappa shape index (κ1) is 19.1. The average Bonchev–Trinajstić information content (AvgIpc) is 2.22. The molecule has 0 radical (unpaired) electrons. The van der Waals surface area contributed by atoms with Gasteiger partial charge in [0, 0.05) is 12.7 Å². The van der Waals surface area contributed by atoms with Crippen molar-refractivity contribution < 1.29 is 39.5 Å². The number of alkyl halides is 9. The second-order valence-corrected chi connectivity index (χ2v) is 6.38. The molecule has 0 fully saturated rings. The zero-order chi connectivity index (χ0) is 16.9. The number of hydrogen-bond acceptors (Lipinski definition) is 0. The lowest BCUT2D eigenvalue weighted by atomic mass is 9.88. The number of hydrogen-bond donors (Lipinski definition) is 0. The summed E-state index contributed by atoms with van der Waals surface area (Å²) in [5, 5.41) is 0. The van der Waals surface area contributed by atoms with Crippen LogP contribution >= 0.6 is 45.2 Å². The highest BCUT2D eigenvalue weighted by molar-refractivity contribution is 14.1. The molecule has 0 heterocycles. The van der Waals surface area contributed by atoms with Gasteiger partial charge in [0.2, 0.25) is 0 Å². The quantitative estimate of drug-likeness (QED) is 0.323. The van der Waals surface area contributed by atoms with Crippen molar-refractivity contribution >= 4 is 45.2 Å². The summed E-state index contributed by atoms with van der Waals surface area (Å²) in [6, 6.07) is 1.79. The highest BCUT2D eigenvalue weighted by Crippen LogP contribution is 2.58. The smallest absolute Gasteiger partial charge is 0.221 e. The molecule has 0 aliphatic heterocycles. The molecular formula is C10H3F9I2. The van der Waals surface area contributed by atoms with Crippen LogP contribution in [-0.4, -0.2) is 18.3 Å². The van der Waals surface area contributed by atoms with Crippen molar-refractivity contribution in [1.29, 1.82) is 0 Å². The van der Waals surface area contributed by atoms with Crippen LogP contribution in [0, 0.1) is 7.14 Å². The molecule has 0 nitrogen and oxygen atoms in total. The lowest BCUT2D eigenvalue weighted by Gasteiger charge is -2.36. The minimum absolute atomic E-state index is 0.112. The summed E-state index contributed by atoms with van der Waals surface area (Å²) < 4.78 is 115. The molecule has 0 aliphatic carbocycles. The van der Waals surface area contributed by atoms with Crippen LogP contribution in [0.25, 0.3) is 0 Å². The Hall–Kier alpha value is 0.0500. The molecule has 21 heavy (non-hydrogen) atoms. The van der Waals surface area contributed by atoms with Gasteiger partial charge in [-0.05, 0) is 63.4 Å². The summed E-state index contributed by atoms with van der Waals surface area (Å²) in [7, 11) is 0. The van der Waals surface area contributed by atoms with E-state index in [0.717, 1.165) is 0 Å². The minimum Gasteiger partial charge on any atom is -0.221 e. The summed E-state index contributed by atoms with van der Waals surface area (Å²) in [6.07, 6.45) is -13.2. The van der Waals surface area contributed by atoms with Crippen LogP contribution < -0.4 is 0 Å². The van der Waals surface area contributed by atoms with Gasteiger partial charge in [0.1, 0.15) is 0 Å². The SMILES string of the molecule is FC(F)(F)C(F)(F)C(F)(c1cc(I)cc(I)c1)C(F)(F)F. The van der Waals surface area contributed by atoms with Gasteiger partial charge >= 0.3 is 23.9 Å². The molecule has 120 valence electrons. The molecule has 0 aliphatic rings. The van der Waals surface area contributed by atoms with E-state index in [1.54, 1.807) is 0 Å². The van der Waals surface area contributed by atoms with Crippen LogP contribution in [0.2, 0.25) is 0 Å². The molecule has 0 amide bonds. The highest BCUT2D eigenvalue weighted by atomic mass is 127. The standard InChI is InChI=1S/C10H3F9I2/c11-7(9(14,15)16,8(12,13)10(17,18)19)4-1-5(20)3-6(21)2-4/h1-3H. The molecule has 1 atom stereocenters. The molecule has 0 N–H and O–H groups in total. The molecule has 1 aromatic rings. The molecule has 0 saturated carbocycles. The molecule has 0 aromatic heterocycles. The first-order valence-corrected chi connectivity index (χ1v) is 6.97. The molecule has 11 heteroatoms. The van der Waals surface area contributed by atoms with Gasteiger partial charge in [-0.1, -0.05) is 0 Å². The van der Waals surface area contributed by atoms with E-state index in [2.05, 4.69) is 0 Å². The van der Waals surface area contributed by atoms with Crippen LogP contribution in [0.3, 0.4) is 0 Å². The number of benzene rings is 1. The normalized spacial score (nSPS) is 16.7. The van der Waals surface area contributed by atoms with Gasteiger partial charge in [-0.2, -0.15) is 35.1 Å². The third-order valence-electron chi connectivity index (χ3n) is 2.44. The maximum Gasteiger partial charge on any atom is 0.457 e. The Morgan fingerprint density at radius 3 is 1.29 bits per heavy atom. The molecule has 1 rings (SSSR count). The van der Waals surface area contributed by atoms with Gasteiger partial charge < -0.3 is 0 Å². The fraction of sp³-hybridized carbons (Fsp3) is 0.400. The van der Waals surface area contributed by atoms with Gasteiger partial charge in [0.25, 0.3) is 0 Å². The predicted octanol–water partition coefficient (Wildman–Crippen LogP) is 5.82. The monoisotopic (exact) mass is 548 g/mol. The van der Waals surface area contributed by atoms with Crippen molar-refractivity contribution in [3.05, 3.63) is 30.9 Å². The highest BCUT2D eigenvalue weighted by Gasteiger charge is 2.81. The second-order valence-electron chi connectivity index (χ2n) is 3.89. The minimum atomic E-state index is -6.70. The summed E-state index contributed by atoms with van der Waals surface area (Å²) >= 11 is 2.77. The summed E-state index contributed by atoms with van der Waals surface area (Å²) in [5.41, 5.74) is -7.67. The topological polar surface area (TPSA) is 0 Å². The first-order valence-electron chi connectivity index (χ1n) is 4.81. The van der Waals surface area contributed by atoms with Crippen molar-refractivity contribution in [2.75, 3.05) is 0 Å². The summed E-state index contributed by atoms with van der Waals surface area (Å²) in [4.78, 5) is 0. The molecular weight excluding hydrogens is 545 g/mol. The van der Waals surface area contributed by atoms with E-state index >= 15 is 0 Å². The maximum absolute atomic E-state index is 14.1. The lowest BCUT2D eigenvalue weighted by Crippen LogP contribution is -2.59. The number of rotatable bonds is 2. The van der Waals surface area contributed by atoms with Gasteiger partial charge in [0.15, 0.2) is 0 Å². The Morgan fingerprint density at radius 1 is 0.619 bits per heavy atom. The van der Waals surface area contributed by atoms with E-state index in [1.165, 1.54) is 51.2 Å². The van der Waals surface area contributed by atoms with E-state index in [0.29, 0.717) is 12.1 Å². The van der Waals surface area contributed by atoms with E-state index < -0.39 is 29.5 Å². The van der Waals surface area contributed by atoms with Crippen molar-refractivity contribution in [2.45, 2.75) is 23.9 Å². The molecule has 1 aromatic carbocycles. The zero-order valence-corrected chi connectivity index (χ0v) is 13.7. The Morgan fingerprint density at radius 2 is 1.00 bits per heavy atom. The third-order valence-corrected chi connectivity index (χ3v) is 3.69. The first-order chi connectivity index (χ1) is 9.14. The fourth-order valence-corrected chi connectivity index (χ4v) is 3.41. The summed E-state index contributed by atoms with van der Waals surface area (Å²) in [5.74, 6) is -6.63. The van der Waals surface area contributed by atoms with E-state index in [-0.39, 0.29) is 7.14 Å². The average molecular weight is 548 g/mol. The van der Waals surface area contributed by atoms with Crippen LogP contribution in [0.1, 0.15) is 5.56 Å². The van der Waals surface area contributed by atoms with Crippen LogP contribution in [-0.2, 0) is 5.67 Å². The second kappa shape index (κ2) is 5.60. The van der Waals surface area contributed by atoms with E-state index in [1.807, 2.05) is 0 Å². The lowest BCUT2D eigenvalue weighted by molar-refractivity contribution is -0.389. The molecule has 0 saturated heterocycles. The van der Waals surface area contributed by atoms with Crippen LogP contribution in [0.5, 0.6) is 0 Å². The van der Waals surface area contributed by atoms with Gasteiger partial charge in [0.05, 0.1) is 0 Å². The zero-order valence-electron chi connectivity index (χ0n) is 9.39. The molecule has 0 bridgehead atoms. The fourth-order valence-electron chi connectivity index (χ4n) is 1.47. The Kier molecular flexibility index (Phi) is 5.09. The van der Waals surface area contributed by atoms with Crippen molar-refractivity contribution in [3.8, 4) is 0 Å². The molecule has 0 spiro atoms. The Bertz CT molecular complexity index is 514. The van der Waals surface area contributed by atoms with E-state index in [9.17, 15) is 39.5 Å². The third kappa shape index (κ3) is 3.22. The van der Waals surface area contributed by atoms with E-state index in [4.69, 9.17) is 0 Å². The van der Waals surface area contributed by atoms with Crippen molar-refractivity contribution in [3.63, 3.8) is 0 Å². The van der Waals surface area contributed by atoms with Gasteiger partial charge in [-0.15, -0.1) is 0 Å². The van der Waals surface area contributed by atoms with Crippen LogP contribution in [0.15, 0.2) is 18.2 Å². The predicted molar refractivity (Wildman–Crippen MR) is 71.7 cm³/mol.